The molecule has 0 saturated carbocycles. The van der Waals surface area contributed by atoms with Crippen molar-refractivity contribution in [2.24, 2.45) is 0 Å². The van der Waals surface area contributed by atoms with Crippen LogP contribution in [0.5, 0.6) is 0 Å². The summed E-state index contributed by atoms with van der Waals surface area (Å²) in [6.45, 7) is 3.85. The van der Waals surface area contributed by atoms with E-state index in [4.69, 9.17) is 5.11 Å². The van der Waals surface area contributed by atoms with E-state index in [1.807, 2.05) is 13.8 Å². The Bertz CT molecular complexity index is 306. The molecule has 0 aliphatic heterocycles. The van der Waals surface area contributed by atoms with Crippen LogP contribution in [0.2, 0.25) is 0 Å². The van der Waals surface area contributed by atoms with Gasteiger partial charge < -0.3 is 5.11 Å². The zero-order valence-electron chi connectivity index (χ0n) is 7.15. The van der Waals surface area contributed by atoms with Gasteiger partial charge in [0, 0.05) is 6.04 Å². The van der Waals surface area contributed by atoms with Crippen molar-refractivity contribution in [3.05, 3.63) is 12.2 Å². The first-order chi connectivity index (χ1) is 5.75. The Hall–Kier alpha value is -1.34. The highest BCUT2D eigenvalue weighted by molar-refractivity contribution is 5.20. The number of nitrogens with zero attached hydrogens (tertiary/aromatic N) is 3. The minimum Gasteiger partial charge on any atom is -0.384 e. The number of aliphatic hydroxyl groups is 1. The third-order valence-corrected chi connectivity index (χ3v) is 1.34. The molecule has 0 fully saturated rings. The van der Waals surface area contributed by atoms with Gasteiger partial charge in [-0.15, -0.1) is 0 Å². The highest BCUT2D eigenvalue weighted by atomic mass is 16.2. The van der Waals surface area contributed by atoms with Gasteiger partial charge in [0.1, 0.15) is 12.9 Å². The fourth-order valence-corrected chi connectivity index (χ4v) is 0.836. The molecule has 64 valence electrons. The third kappa shape index (κ3) is 1.83. The van der Waals surface area contributed by atoms with E-state index >= 15 is 0 Å². The van der Waals surface area contributed by atoms with Gasteiger partial charge in [-0.1, -0.05) is 5.92 Å². The Balaban J connectivity index is 2.91. The second-order valence-corrected chi connectivity index (χ2v) is 2.58. The molecule has 0 aliphatic carbocycles. The van der Waals surface area contributed by atoms with Crippen LogP contribution in [0.4, 0.5) is 0 Å². The van der Waals surface area contributed by atoms with E-state index in [1.165, 1.54) is 6.33 Å². The van der Waals surface area contributed by atoms with Gasteiger partial charge in [-0.2, -0.15) is 5.10 Å². The highest BCUT2D eigenvalue weighted by Gasteiger charge is 2.03. The third-order valence-electron chi connectivity index (χ3n) is 1.34. The van der Waals surface area contributed by atoms with Crippen LogP contribution in [0.3, 0.4) is 0 Å². The quantitative estimate of drug-likeness (QED) is 0.605. The standard InChI is InChI=1S/C8H11N3O/c1-7(2)11-8(4-3-5-12)9-6-10-11/h6-7,12H,5H2,1-2H3. The maximum Gasteiger partial charge on any atom is 0.203 e. The molecule has 0 spiro atoms. The number of rotatable bonds is 1. The largest absolute Gasteiger partial charge is 0.384 e. The molecule has 1 heterocycles. The van der Waals surface area contributed by atoms with E-state index in [-0.39, 0.29) is 12.6 Å². The van der Waals surface area contributed by atoms with Crippen molar-refractivity contribution in [1.29, 1.82) is 0 Å². The fourth-order valence-electron chi connectivity index (χ4n) is 0.836. The molecule has 4 heteroatoms. The second kappa shape index (κ2) is 3.88. The summed E-state index contributed by atoms with van der Waals surface area (Å²) >= 11 is 0. The van der Waals surface area contributed by atoms with E-state index in [0.29, 0.717) is 5.82 Å². The van der Waals surface area contributed by atoms with Gasteiger partial charge in [-0.05, 0) is 19.8 Å². The lowest BCUT2D eigenvalue weighted by Crippen LogP contribution is -2.05. The first kappa shape index (κ1) is 8.75. The maximum absolute atomic E-state index is 8.46. The number of hydrogen-bond donors (Lipinski definition) is 1. The first-order valence-electron chi connectivity index (χ1n) is 3.75. The molecule has 1 aromatic rings. The SMILES string of the molecule is CC(C)n1ncnc1C#CCO. The predicted octanol–water partition coefficient (Wildman–Crippen LogP) is 0.203. The van der Waals surface area contributed by atoms with E-state index < -0.39 is 0 Å². The average Bonchev–Trinajstić information content (AvgIpc) is 2.48. The van der Waals surface area contributed by atoms with Gasteiger partial charge in [0.25, 0.3) is 0 Å². The smallest absolute Gasteiger partial charge is 0.203 e. The zero-order valence-corrected chi connectivity index (χ0v) is 7.15. The molecule has 0 atom stereocenters. The lowest BCUT2D eigenvalue weighted by atomic mass is 10.4. The van der Waals surface area contributed by atoms with Crippen molar-refractivity contribution in [2.45, 2.75) is 19.9 Å². The Kier molecular flexibility index (Phi) is 2.83. The van der Waals surface area contributed by atoms with E-state index in [0.717, 1.165) is 0 Å². The predicted molar refractivity (Wildman–Crippen MR) is 44.4 cm³/mol. The van der Waals surface area contributed by atoms with Crippen LogP contribution in [0, 0.1) is 11.8 Å². The zero-order chi connectivity index (χ0) is 8.97. The van der Waals surface area contributed by atoms with Gasteiger partial charge in [-0.3, -0.25) is 0 Å². The summed E-state index contributed by atoms with van der Waals surface area (Å²) in [4.78, 5) is 3.94. The molecule has 0 bridgehead atoms. The highest BCUT2D eigenvalue weighted by Crippen LogP contribution is 2.02. The Morgan fingerprint density at radius 3 is 3.00 bits per heavy atom. The Labute approximate surface area is 71.2 Å². The Morgan fingerprint density at radius 2 is 2.42 bits per heavy atom. The van der Waals surface area contributed by atoms with Crippen molar-refractivity contribution in [3.8, 4) is 11.8 Å². The molecule has 0 aliphatic rings. The van der Waals surface area contributed by atoms with Crippen LogP contribution >= 0.6 is 0 Å². The maximum atomic E-state index is 8.46. The summed E-state index contributed by atoms with van der Waals surface area (Å²) in [5.74, 6) is 5.84. The van der Waals surface area contributed by atoms with Crippen molar-refractivity contribution in [2.75, 3.05) is 6.61 Å². The normalized spacial score (nSPS) is 9.67. The number of aromatic nitrogens is 3. The second-order valence-electron chi connectivity index (χ2n) is 2.58. The molecule has 12 heavy (non-hydrogen) atoms. The van der Waals surface area contributed by atoms with Crippen LogP contribution in [-0.2, 0) is 0 Å². The van der Waals surface area contributed by atoms with Crippen molar-refractivity contribution < 1.29 is 5.11 Å². The molecule has 1 aromatic heterocycles. The van der Waals surface area contributed by atoms with Crippen LogP contribution in [0.25, 0.3) is 0 Å². The van der Waals surface area contributed by atoms with Crippen molar-refractivity contribution >= 4 is 0 Å². The lowest BCUT2D eigenvalue weighted by molar-refractivity contribution is 0.350. The van der Waals surface area contributed by atoms with Gasteiger partial charge in [0.05, 0.1) is 0 Å². The summed E-state index contributed by atoms with van der Waals surface area (Å²) < 4.78 is 1.71. The molecule has 4 nitrogen and oxygen atoms in total. The molecule has 1 rings (SSSR count). The van der Waals surface area contributed by atoms with E-state index in [9.17, 15) is 0 Å². The van der Waals surface area contributed by atoms with Crippen LogP contribution in [0.15, 0.2) is 6.33 Å². The monoisotopic (exact) mass is 165 g/mol. The Morgan fingerprint density at radius 1 is 1.67 bits per heavy atom. The van der Waals surface area contributed by atoms with Gasteiger partial charge in [0.2, 0.25) is 5.82 Å². The average molecular weight is 165 g/mol. The van der Waals surface area contributed by atoms with E-state index in [2.05, 4.69) is 21.9 Å². The van der Waals surface area contributed by atoms with Crippen LogP contribution in [-0.4, -0.2) is 26.5 Å². The number of aliphatic hydroxyl groups excluding tert-OH is 1. The van der Waals surface area contributed by atoms with Gasteiger partial charge in [-0.25, -0.2) is 9.67 Å². The molecule has 0 amide bonds. The summed E-state index contributed by atoms with van der Waals surface area (Å²) in [5.41, 5.74) is 0. The molecule has 0 radical (unpaired) electrons. The summed E-state index contributed by atoms with van der Waals surface area (Å²) in [6, 6.07) is 0.246. The molecular weight excluding hydrogens is 154 g/mol. The summed E-state index contributed by atoms with van der Waals surface area (Å²) in [7, 11) is 0. The molecular formula is C8H11N3O. The fraction of sp³-hybridized carbons (Fsp3) is 0.500. The first-order valence-corrected chi connectivity index (χ1v) is 3.75. The lowest BCUT2D eigenvalue weighted by Gasteiger charge is -2.04. The summed E-state index contributed by atoms with van der Waals surface area (Å²) in [5, 5.41) is 12.5. The van der Waals surface area contributed by atoms with Gasteiger partial charge >= 0.3 is 0 Å². The van der Waals surface area contributed by atoms with Crippen LogP contribution in [0.1, 0.15) is 25.7 Å². The van der Waals surface area contributed by atoms with E-state index in [1.54, 1.807) is 4.68 Å². The van der Waals surface area contributed by atoms with Crippen LogP contribution < -0.4 is 0 Å². The molecule has 1 N–H and O–H groups in total. The molecule has 0 unspecified atom stereocenters. The number of hydrogen-bond acceptors (Lipinski definition) is 3. The summed E-state index contributed by atoms with van der Waals surface area (Å²) in [6.07, 6.45) is 1.46. The van der Waals surface area contributed by atoms with Crippen molar-refractivity contribution in [1.82, 2.24) is 14.8 Å². The topological polar surface area (TPSA) is 50.9 Å². The minimum atomic E-state index is -0.148. The van der Waals surface area contributed by atoms with Gasteiger partial charge in [0.15, 0.2) is 0 Å². The minimum absolute atomic E-state index is 0.148. The molecule has 0 aromatic carbocycles. The van der Waals surface area contributed by atoms with Crippen molar-refractivity contribution in [3.63, 3.8) is 0 Å². The molecule has 0 saturated heterocycles.